The van der Waals surface area contributed by atoms with Crippen LogP contribution in [0.15, 0.2) is 0 Å². The van der Waals surface area contributed by atoms with Crippen molar-refractivity contribution < 1.29 is 9.84 Å². The Kier molecular flexibility index (Phi) is 7.14. The molecule has 3 heteroatoms. The molecule has 0 aromatic heterocycles. The first kappa shape index (κ1) is 14.9. The Morgan fingerprint density at radius 2 is 1.87 bits per heavy atom. The van der Waals surface area contributed by atoms with E-state index in [-0.39, 0.29) is 12.0 Å². The average Bonchev–Trinajstić information content (AvgIpc) is 2.18. The number of hydrogen-bond acceptors (Lipinski definition) is 3. The molecule has 0 rings (SSSR count). The van der Waals surface area contributed by atoms with Crippen LogP contribution in [0, 0.1) is 17.3 Å². The van der Waals surface area contributed by atoms with Crippen molar-refractivity contribution in [2.45, 2.75) is 34.1 Å². The van der Waals surface area contributed by atoms with E-state index >= 15 is 0 Å². The fraction of sp³-hybridized carbons (Fsp3) is 1.00. The van der Waals surface area contributed by atoms with Crippen molar-refractivity contribution in [1.82, 2.24) is 0 Å². The summed E-state index contributed by atoms with van der Waals surface area (Å²) in [6.45, 7) is 10.6. The number of hydrogen-bond donors (Lipinski definition) is 2. The molecule has 0 bridgehead atoms. The van der Waals surface area contributed by atoms with E-state index in [4.69, 9.17) is 10.5 Å². The predicted molar refractivity (Wildman–Crippen MR) is 63.7 cm³/mol. The summed E-state index contributed by atoms with van der Waals surface area (Å²) in [5, 5.41) is 9.42. The molecule has 92 valence electrons. The molecule has 0 spiro atoms. The third-order valence-electron chi connectivity index (χ3n) is 3.14. The van der Waals surface area contributed by atoms with Crippen molar-refractivity contribution in [3.63, 3.8) is 0 Å². The van der Waals surface area contributed by atoms with Crippen LogP contribution in [-0.2, 0) is 4.74 Å². The van der Waals surface area contributed by atoms with E-state index in [0.717, 1.165) is 13.0 Å². The van der Waals surface area contributed by atoms with E-state index in [1.54, 1.807) is 0 Å². The van der Waals surface area contributed by atoms with Crippen molar-refractivity contribution >= 4 is 0 Å². The SMILES string of the molecule is CC(C)COCCC(CN)(CO)C(C)C. The van der Waals surface area contributed by atoms with Gasteiger partial charge in [-0.05, 0) is 18.3 Å². The molecule has 1 atom stereocenters. The van der Waals surface area contributed by atoms with E-state index in [0.29, 0.717) is 25.0 Å². The molecule has 0 saturated carbocycles. The van der Waals surface area contributed by atoms with Crippen LogP contribution in [0.5, 0.6) is 0 Å². The molecule has 0 aliphatic heterocycles. The second-order valence-electron chi connectivity index (χ2n) is 5.10. The lowest BCUT2D eigenvalue weighted by molar-refractivity contribution is 0.0257. The Bertz CT molecular complexity index is 154. The number of nitrogens with two attached hydrogens (primary N) is 1. The monoisotopic (exact) mass is 217 g/mol. The van der Waals surface area contributed by atoms with Gasteiger partial charge in [-0.25, -0.2) is 0 Å². The van der Waals surface area contributed by atoms with Crippen molar-refractivity contribution in [1.29, 1.82) is 0 Å². The maximum atomic E-state index is 9.42. The highest BCUT2D eigenvalue weighted by Crippen LogP contribution is 2.29. The molecule has 0 aromatic carbocycles. The van der Waals surface area contributed by atoms with E-state index in [1.807, 2.05) is 0 Å². The van der Waals surface area contributed by atoms with E-state index < -0.39 is 0 Å². The van der Waals surface area contributed by atoms with Crippen LogP contribution in [0.1, 0.15) is 34.1 Å². The van der Waals surface area contributed by atoms with Crippen LogP contribution < -0.4 is 5.73 Å². The number of aliphatic hydroxyl groups is 1. The van der Waals surface area contributed by atoms with Gasteiger partial charge >= 0.3 is 0 Å². The molecule has 0 aliphatic rings. The Morgan fingerprint density at radius 1 is 1.27 bits per heavy atom. The largest absolute Gasteiger partial charge is 0.396 e. The van der Waals surface area contributed by atoms with Gasteiger partial charge in [0.1, 0.15) is 0 Å². The minimum absolute atomic E-state index is 0.145. The average molecular weight is 217 g/mol. The standard InChI is InChI=1S/C12H27NO2/c1-10(2)7-15-6-5-12(8-13,9-14)11(3)4/h10-11,14H,5-9,13H2,1-4H3. The van der Waals surface area contributed by atoms with Gasteiger partial charge in [0.15, 0.2) is 0 Å². The zero-order chi connectivity index (χ0) is 11.9. The van der Waals surface area contributed by atoms with Crippen LogP contribution in [0.4, 0.5) is 0 Å². The van der Waals surface area contributed by atoms with E-state index in [2.05, 4.69) is 27.7 Å². The third kappa shape index (κ3) is 4.96. The summed E-state index contributed by atoms with van der Waals surface area (Å²) >= 11 is 0. The fourth-order valence-corrected chi connectivity index (χ4v) is 1.55. The lowest BCUT2D eigenvalue weighted by Crippen LogP contribution is -2.40. The van der Waals surface area contributed by atoms with Gasteiger partial charge in [0.25, 0.3) is 0 Å². The van der Waals surface area contributed by atoms with Gasteiger partial charge in [-0.1, -0.05) is 27.7 Å². The highest BCUT2D eigenvalue weighted by Gasteiger charge is 2.31. The molecule has 3 nitrogen and oxygen atoms in total. The molecule has 0 amide bonds. The summed E-state index contributed by atoms with van der Waals surface area (Å²) in [7, 11) is 0. The Morgan fingerprint density at radius 3 is 2.20 bits per heavy atom. The molecule has 0 fully saturated rings. The molecule has 0 saturated heterocycles. The highest BCUT2D eigenvalue weighted by molar-refractivity contribution is 4.82. The molecule has 15 heavy (non-hydrogen) atoms. The maximum Gasteiger partial charge on any atom is 0.0502 e. The lowest BCUT2D eigenvalue weighted by atomic mass is 9.75. The van der Waals surface area contributed by atoms with E-state index in [1.165, 1.54) is 0 Å². The van der Waals surface area contributed by atoms with Crippen molar-refractivity contribution in [3.05, 3.63) is 0 Å². The summed E-state index contributed by atoms with van der Waals surface area (Å²) in [4.78, 5) is 0. The molecule has 0 aliphatic carbocycles. The Balaban J connectivity index is 3.96. The van der Waals surface area contributed by atoms with E-state index in [9.17, 15) is 5.11 Å². The Hall–Kier alpha value is -0.120. The molecule has 0 radical (unpaired) electrons. The first-order chi connectivity index (χ1) is 6.98. The molecule has 3 N–H and O–H groups in total. The first-order valence-corrected chi connectivity index (χ1v) is 5.87. The number of ether oxygens (including phenoxy) is 1. The fourth-order valence-electron chi connectivity index (χ4n) is 1.55. The van der Waals surface area contributed by atoms with Crippen molar-refractivity contribution in [2.75, 3.05) is 26.4 Å². The van der Waals surface area contributed by atoms with Gasteiger partial charge in [-0.3, -0.25) is 0 Å². The summed E-state index contributed by atoms with van der Waals surface area (Å²) in [6, 6.07) is 0. The Labute approximate surface area is 94.0 Å². The summed E-state index contributed by atoms with van der Waals surface area (Å²) in [5.74, 6) is 0.945. The highest BCUT2D eigenvalue weighted by atomic mass is 16.5. The van der Waals surface area contributed by atoms with Gasteiger partial charge < -0.3 is 15.6 Å². The third-order valence-corrected chi connectivity index (χ3v) is 3.14. The van der Waals surface area contributed by atoms with Crippen LogP contribution in [0.25, 0.3) is 0 Å². The maximum absolute atomic E-state index is 9.42. The zero-order valence-electron chi connectivity index (χ0n) is 10.6. The minimum atomic E-state index is -0.170. The summed E-state index contributed by atoms with van der Waals surface area (Å²) in [5.41, 5.74) is 5.58. The van der Waals surface area contributed by atoms with Crippen LogP contribution in [0.3, 0.4) is 0 Å². The zero-order valence-corrected chi connectivity index (χ0v) is 10.6. The molecular formula is C12H27NO2. The molecule has 0 aromatic rings. The second kappa shape index (κ2) is 7.20. The quantitative estimate of drug-likeness (QED) is 0.608. The van der Waals surface area contributed by atoms with Crippen LogP contribution in [-0.4, -0.2) is 31.5 Å². The van der Waals surface area contributed by atoms with Crippen molar-refractivity contribution in [2.24, 2.45) is 23.0 Å². The van der Waals surface area contributed by atoms with Gasteiger partial charge in [0.05, 0.1) is 6.61 Å². The first-order valence-electron chi connectivity index (χ1n) is 5.87. The smallest absolute Gasteiger partial charge is 0.0502 e. The van der Waals surface area contributed by atoms with Gasteiger partial charge in [-0.15, -0.1) is 0 Å². The number of aliphatic hydroxyl groups excluding tert-OH is 1. The molecule has 1 unspecified atom stereocenters. The molecular weight excluding hydrogens is 190 g/mol. The minimum Gasteiger partial charge on any atom is -0.396 e. The summed E-state index contributed by atoms with van der Waals surface area (Å²) < 4.78 is 5.54. The summed E-state index contributed by atoms with van der Waals surface area (Å²) in [6.07, 6.45) is 0.838. The van der Waals surface area contributed by atoms with Crippen molar-refractivity contribution in [3.8, 4) is 0 Å². The van der Waals surface area contributed by atoms with Crippen LogP contribution in [0.2, 0.25) is 0 Å². The second-order valence-corrected chi connectivity index (χ2v) is 5.10. The predicted octanol–water partition coefficient (Wildman–Crippen LogP) is 1.64. The number of rotatable bonds is 8. The topological polar surface area (TPSA) is 55.5 Å². The molecule has 0 heterocycles. The van der Waals surface area contributed by atoms with Crippen LogP contribution >= 0.6 is 0 Å². The van der Waals surface area contributed by atoms with Gasteiger partial charge in [-0.2, -0.15) is 0 Å². The lowest BCUT2D eigenvalue weighted by Gasteiger charge is -2.34. The van der Waals surface area contributed by atoms with Gasteiger partial charge in [0.2, 0.25) is 0 Å². The normalized spacial score (nSPS) is 16.0. The van der Waals surface area contributed by atoms with Gasteiger partial charge in [0, 0.05) is 25.2 Å².